The third kappa shape index (κ3) is 4.14. The summed E-state index contributed by atoms with van der Waals surface area (Å²) in [6.07, 6.45) is 0. The summed E-state index contributed by atoms with van der Waals surface area (Å²) in [5.41, 5.74) is 3.12. The van der Waals surface area contributed by atoms with Gasteiger partial charge in [-0.25, -0.2) is 0 Å². The Bertz CT molecular complexity index is 2650. The summed E-state index contributed by atoms with van der Waals surface area (Å²) >= 11 is 7.35. The number of fused-ring (bicyclic) bond motifs is 2. The number of nitrogens with zero attached hydrogens (tertiary/aromatic N) is 2. The van der Waals surface area contributed by atoms with Crippen molar-refractivity contribution in [2.24, 2.45) is 0 Å². The van der Waals surface area contributed by atoms with Crippen LogP contribution >= 0.6 is 31.9 Å². The van der Waals surface area contributed by atoms with Gasteiger partial charge in [-0.1, -0.05) is 36.4 Å². The SMILES string of the molecule is COc1ccc(CN2C(=O)c3ccc4c5cc(Br)c6c7c(ccc(c8cc(Br)c(c3c48)C2=O)c75)C(=O)N(Cc2ccc(O)cc2)C6=O)cc1. The molecule has 0 saturated carbocycles. The van der Waals surface area contributed by atoms with E-state index in [0.717, 1.165) is 37.9 Å². The lowest BCUT2D eigenvalue weighted by Crippen LogP contribution is -2.40. The van der Waals surface area contributed by atoms with E-state index in [-0.39, 0.29) is 24.7 Å². The number of rotatable bonds is 5. The van der Waals surface area contributed by atoms with Crippen LogP contribution in [0, 0.1) is 0 Å². The highest BCUT2D eigenvalue weighted by Crippen LogP contribution is 2.49. The van der Waals surface area contributed by atoms with Gasteiger partial charge in [0.15, 0.2) is 0 Å². The summed E-state index contributed by atoms with van der Waals surface area (Å²) < 4.78 is 6.33. The van der Waals surface area contributed by atoms with Crippen molar-refractivity contribution in [3.63, 3.8) is 0 Å². The first kappa shape index (κ1) is 29.8. The number of ether oxygens (including phenoxy) is 1. The Hall–Kier alpha value is -5.32. The zero-order chi connectivity index (χ0) is 33.9. The number of imide groups is 2. The van der Waals surface area contributed by atoms with Gasteiger partial charge in [0, 0.05) is 30.8 Å². The number of methoxy groups -OCH3 is 1. The fourth-order valence-corrected chi connectivity index (χ4v) is 8.64. The lowest BCUT2D eigenvalue weighted by atomic mass is 9.82. The van der Waals surface area contributed by atoms with E-state index in [9.17, 15) is 24.3 Å². The monoisotopic (exact) mass is 772 g/mol. The Labute approximate surface area is 295 Å². The molecule has 7 aromatic carbocycles. The second-order valence-corrected chi connectivity index (χ2v) is 14.0. The zero-order valence-corrected chi connectivity index (χ0v) is 28.8. The molecular weight excluding hydrogens is 752 g/mol. The Morgan fingerprint density at radius 1 is 0.551 bits per heavy atom. The molecule has 0 aromatic heterocycles. The first-order valence-electron chi connectivity index (χ1n) is 15.4. The molecule has 0 saturated heterocycles. The van der Waals surface area contributed by atoms with Crippen molar-refractivity contribution in [3.8, 4) is 11.5 Å². The van der Waals surface area contributed by atoms with Crippen molar-refractivity contribution < 1.29 is 29.0 Å². The molecular formula is C39H22Br2N2O6. The normalized spacial score (nSPS) is 14.3. The summed E-state index contributed by atoms with van der Waals surface area (Å²) in [6, 6.07) is 24.7. The molecule has 1 N–H and O–H groups in total. The smallest absolute Gasteiger partial charge is 0.262 e. The van der Waals surface area contributed by atoms with Gasteiger partial charge in [-0.15, -0.1) is 0 Å². The number of benzene rings is 7. The van der Waals surface area contributed by atoms with Crippen molar-refractivity contribution in [3.05, 3.63) is 127 Å². The molecule has 0 fully saturated rings. The first-order valence-corrected chi connectivity index (χ1v) is 17.0. The number of phenols is 1. The highest BCUT2D eigenvalue weighted by Gasteiger charge is 2.38. The van der Waals surface area contributed by atoms with Crippen LogP contribution in [-0.2, 0) is 13.1 Å². The number of amides is 4. The molecule has 0 atom stereocenters. The number of halogens is 2. The van der Waals surface area contributed by atoms with Gasteiger partial charge in [-0.3, -0.25) is 29.0 Å². The third-order valence-electron chi connectivity index (χ3n) is 9.70. The van der Waals surface area contributed by atoms with Crippen molar-refractivity contribution in [2.45, 2.75) is 13.1 Å². The maximum absolute atomic E-state index is 14.1. The van der Waals surface area contributed by atoms with Gasteiger partial charge >= 0.3 is 0 Å². The molecule has 238 valence electrons. The molecule has 0 aliphatic carbocycles. The van der Waals surface area contributed by atoms with E-state index in [4.69, 9.17) is 4.74 Å². The average molecular weight is 774 g/mol. The highest BCUT2D eigenvalue weighted by molar-refractivity contribution is 9.10. The van der Waals surface area contributed by atoms with Gasteiger partial charge in [0.2, 0.25) is 0 Å². The summed E-state index contributed by atoms with van der Waals surface area (Å²) in [4.78, 5) is 58.7. The number of hydrogen-bond donors (Lipinski definition) is 1. The molecule has 8 nitrogen and oxygen atoms in total. The van der Waals surface area contributed by atoms with Gasteiger partial charge in [-0.05, 0) is 124 Å². The summed E-state index contributed by atoms with van der Waals surface area (Å²) in [7, 11) is 1.58. The summed E-state index contributed by atoms with van der Waals surface area (Å²) in [5, 5.41) is 15.6. The Morgan fingerprint density at radius 2 is 0.980 bits per heavy atom. The minimum atomic E-state index is -0.425. The zero-order valence-electron chi connectivity index (χ0n) is 25.6. The predicted octanol–water partition coefficient (Wildman–Crippen LogP) is 8.57. The van der Waals surface area contributed by atoms with Gasteiger partial charge in [0.25, 0.3) is 23.6 Å². The molecule has 0 unspecified atom stereocenters. The number of carbonyl (C=O) groups is 4. The van der Waals surface area contributed by atoms with Crippen LogP contribution in [0.2, 0.25) is 0 Å². The maximum atomic E-state index is 14.1. The van der Waals surface area contributed by atoms with Crippen LogP contribution in [0.5, 0.6) is 11.5 Å². The quantitative estimate of drug-likeness (QED) is 0.107. The molecule has 2 heterocycles. The highest BCUT2D eigenvalue weighted by atomic mass is 79.9. The second-order valence-electron chi connectivity index (χ2n) is 12.3. The molecule has 10 heteroatoms. The Balaban J connectivity index is 1.25. The van der Waals surface area contributed by atoms with E-state index >= 15 is 0 Å². The fraction of sp³-hybridized carbons (Fsp3) is 0.0769. The predicted molar refractivity (Wildman–Crippen MR) is 193 cm³/mol. The van der Waals surface area contributed by atoms with Crippen LogP contribution in [0.3, 0.4) is 0 Å². The lowest BCUT2D eigenvalue weighted by molar-refractivity contribution is 0.0582. The largest absolute Gasteiger partial charge is 0.508 e. The van der Waals surface area contributed by atoms with Gasteiger partial charge in [0.1, 0.15) is 11.5 Å². The molecule has 49 heavy (non-hydrogen) atoms. The average Bonchev–Trinajstić information content (AvgIpc) is 3.10. The minimum Gasteiger partial charge on any atom is -0.508 e. The Morgan fingerprint density at radius 3 is 1.41 bits per heavy atom. The van der Waals surface area contributed by atoms with E-state index in [0.29, 0.717) is 53.3 Å². The molecule has 4 amide bonds. The molecule has 2 aliphatic heterocycles. The molecule has 0 spiro atoms. The number of phenolic OH excluding ortho intramolecular Hbond substituents is 1. The van der Waals surface area contributed by atoms with E-state index in [1.807, 2.05) is 36.4 Å². The summed E-state index contributed by atoms with van der Waals surface area (Å²) in [6.45, 7) is 0.151. The van der Waals surface area contributed by atoms with Crippen molar-refractivity contribution in [1.29, 1.82) is 0 Å². The lowest BCUT2D eigenvalue weighted by Gasteiger charge is -2.31. The number of hydrogen-bond acceptors (Lipinski definition) is 6. The Kier molecular flexibility index (Phi) is 6.44. The van der Waals surface area contributed by atoms with Crippen molar-refractivity contribution in [1.82, 2.24) is 9.80 Å². The summed E-state index contributed by atoms with van der Waals surface area (Å²) in [5.74, 6) is -0.839. The van der Waals surface area contributed by atoms with Crippen LogP contribution in [-0.4, -0.2) is 45.6 Å². The van der Waals surface area contributed by atoms with Gasteiger partial charge in [0.05, 0.1) is 31.3 Å². The van der Waals surface area contributed by atoms with E-state index in [1.165, 1.54) is 21.9 Å². The van der Waals surface area contributed by atoms with Gasteiger partial charge in [-0.2, -0.15) is 0 Å². The van der Waals surface area contributed by atoms with Crippen LogP contribution in [0.15, 0.2) is 93.9 Å². The third-order valence-corrected chi connectivity index (χ3v) is 10.9. The van der Waals surface area contributed by atoms with E-state index in [1.54, 1.807) is 43.5 Å². The van der Waals surface area contributed by atoms with Gasteiger partial charge < -0.3 is 9.84 Å². The van der Waals surface area contributed by atoms with Crippen molar-refractivity contribution >= 4 is 98.6 Å². The minimum absolute atomic E-state index is 0.0486. The maximum Gasteiger partial charge on any atom is 0.262 e. The van der Waals surface area contributed by atoms with Crippen LogP contribution in [0.25, 0.3) is 43.1 Å². The topological polar surface area (TPSA) is 104 Å². The number of aromatic hydroxyl groups is 1. The molecule has 7 aromatic rings. The van der Waals surface area contributed by atoms with Crippen LogP contribution < -0.4 is 4.74 Å². The number of carbonyl (C=O) groups excluding carboxylic acids is 4. The molecule has 0 bridgehead atoms. The molecule has 0 radical (unpaired) electrons. The fourth-order valence-electron chi connectivity index (χ4n) is 7.44. The molecule has 9 rings (SSSR count). The first-order chi connectivity index (χ1) is 23.7. The second kappa shape index (κ2) is 10.6. The standard InChI is InChI=1S/C39H22Br2N2O6/c1-49-21-8-4-19(5-9-21)17-43-37(46)25-13-11-23-26-14-28(40)34-32-24(36(45)42(38(34)47)16-18-2-6-20(44)7-3-18)12-10-22(30(26)32)27-15-29(41)35(39(43)48)33(25)31(23)27/h2-15,44H,16-17H2,1H3. The van der Waals surface area contributed by atoms with E-state index < -0.39 is 17.7 Å². The van der Waals surface area contributed by atoms with Crippen LogP contribution in [0.1, 0.15) is 52.6 Å². The van der Waals surface area contributed by atoms with Crippen molar-refractivity contribution in [2.75, 3.05) is 7.11 Å². The van der Waals surface area contributed by atoms with E-state index in [2.05, 4.69) is 31.9 Å². The van der Waals surface area contributed by atoms with Crippen LogP contribution in [0.4, 0.5) is 0 Å². The molecule has 2 aliphatic rings.